The molecule has 0 radical (unpaired) electrons. The maximum Gasteiger partial charge on any atom is 0.153 e. The standard InChI is InChI=1S/C14H17N3O/c1-8-7-10(5-6-11(8)18-2)12-13(9-3-4-9)16-17-14(12)15/h5-7,9H,3-4H2,1-2H3,(H3,15,16,17). The third kappa shape index (κ3) is 1.74. The van der Waals surface area contributed by atoms with E-state index in [0.717, 1.165) is 22.4 Å². The van der Waals surface area contributed by atoms with E-state index < -0.39 is 0 Å². The first-order valence-corrected chi connectivity index (χ1v) is 6.19. The number of nitrogens with one attached hydrogen (secondary N) is 1. The predicted octanol–water partition coefficient (Wildman–Crippen LogP) is 2.85. The molecule has 0 aliphatic heterocycles. The van der Waals surface area contributed by atoms with Crippen LogP contribution in [0, 0.1) is 6.92 Å². The van der Waals surface area contributed by atoms with Crippen LogP contribution in [0.15, 0.2) is 18.2 Å². The summed E-state index contributed by atoms with van der Waals surface area (Å²) in [6.07, 6.45) is 2.45. The molecule has 0 spiro atoms. The van der Waals surface area contributed by atoms with E-state index in [4.69, 9.17) is 10.5 Å². The van der Waals surface area contributed by atoms with Gasteiger partial charge in [0.2, 0.25) is 0 Å². The Morgan fingerprint density at radius 2 is 2.17 bits per heavy atom. The summed E-state index contributed by atoms with van der Waals surface area (Å²) in [4.78, 5) is 0. The number of anilines is 1. The molecule has 1 aliphatic carbocycles. The monoisotopic (exact) mass is 243 g/mol. The summed E-state index contributed by atoms with van der Waals surface area (Å²) in [5.74, 6) is 2.09. The zero-order valence-electron chi connectivity index (χ0n) is 10.7. The van der Waals surface area contributed by atoms with Gasteiger partial charge in [0.15, 0.2) is 5.82 Å². The number of aryl methyl sites for hydroxylation is 1. The number of methoxy groups -OCH3 is 1. The molecule has 18 heavy (non-hydrogen) atoms. The summed E-state index contributed by atoms with van der Waals surface area (Å²) in [5.41, 5.74) is 10.4. The van der Waals surface area contributed by atoms with E-state index >= 15 is 0 Å². The number of aromatic amines is 1. The van der Waals surface area contributed by atoms with Gasteiger partial charge in [0.25, 0.3) is 0 Å². The highest BCUT2D eigenvalue weighted by Gasteiger charge is 2.29. The van der Waals surface area contributed by atoms with Crippen molar-refractivity contribution in [2.24, 2.45) is 0 Å². The van der Waals surface area contributed by atoms with Crippen molar-refractivity contribution in [1.82, 2.24) is 10.2 Å². The molecular formula is C14H17N3O. The lowest BCUT2D eigenvalue weighted by molar-refractivity contribution is 0.412. The molecular weight excluding hydrogens is 226 g/mol. The molecule has 0 atom stereocenters. The van der Waals surface area contributed by atoms with Crippen LogP contribution in [-0.2, 0) is 0 Å². The molecule has 1 heterocycles. The fourth-order valence-electron chi connectivity index (χ4n) is 2.37. The largest absolute Gasteiger partial charge is 0.496 e. The lowest BCUT2D eigenvalue weighted by Gasteiger charge is -2.08. The van der Waals surface area contributed by atoms with Gasteiger partial charge in [-0.3, -0.25) is 5.10 Å². The van der Waals surface area contributed by atoms with Gasteiger partial charge in [-0.05, 0) is 43.0 Å². The molecule has 4 heteroatoms. The number of ether oxygens (including phenoxy) is 1. The second-order valence-corrected chi connectivity index (χ2v) is 4.86. The van der Waals surface area contributed by atoms with Crippen LogP contribution in [0.3, 0.4) is 0 Å². The fourth-order valence-corrected chi connectivity index (χ4v) is 2.37. The van der Waals surface area contributed by atoms with Gasteiger partial charge in [0.05, 0.1) is 7.11 Å². The number of aromatic nitrogens is 2. The minimum Gasteiger partial charge on any atom is -0.496 e. The smallest absolute Gasteiger partial charge is 0.153 e. The average molecular weight is 243 g/mol. The summed E-state index contributed by atoms with van der Waals surface area (Å²) in [6, 6.07) is 6.12. The van der Waals surface area contributed by atoms with E-state index in [1.54, 1.807) is 7.11 Å². The van der Waals surface area contributed by atoms with Crippen molar-refractivity contribution in [3.8, 4) is 16.9 Å². The zero-order chi connectivity index (χ0) is 12.7. The summed E-state index contributed by atoms with van der Waals surface area (Å²) in [6.45, 7) is 2.04. The Balaban J connectivity index is 2.09. The van der Waals surface area contributed by atoms with Gasteiger partial charge in [-0.1, -0.05) is 6.07 Å². The highest BCUT2D eigenvalue weighted by atomic mass is 16.5. The first-order valence-electron chi connectivity index (χ1n) is 6.19. The van der Waals surface area contributed by atoms with Gasteiger partial charge in [0, 0.05) is 17.2 Å². The van der Waals surface area contributed by atoms with Crippen molar-refractivity contribution in [3.05, 3.63) is 29.5 Å². The van der Waals surface area contributed by atoms with Crippen LogP contribution in [0.1, 0.15) is 30.0 Å². The van der Waals surface area contributed by atoms with E-state index in [2.05, 4.69) is 16.3 Å². The molecule has 0 unspecified atom stereocenters. The lowest BCUT2D eigenvalue weighted by Crippen LogP contribution is -1.92. The Kier molecular flexibility index (Phi) is 2.51. The van der Waals surface area contributed by atoms with Gasteiger partial charge in [-0.2, -0.15) is 5.10 Å². The van der Waals surface area contributed by atoms with Crippen LogP contribution in [-0.4, -0.2) is 17.3 Å². The number of H-pyrrole nitrogens is 1. The number of nitrogen functional groups attached to an aromatic ring is 1. The highest BCUT2D eigenvalue weighted by molar-refractivity contribution is 5.78. The maximum atomic E-state index is 5.99. The van der Waals surface area contributed by atoms with Crippen molar-refractivity contribution in [3.63, 3.8) is 0 Å². The Bertz CT molecular complexity index is 585. The summed E-state index contributed by atoms with van der Waals surface area (Å²) >= 11 is 0. The van der Waals surface area contributed by atoms with Gasteiger partial charge in [-0.25, -0.2) is 0 Å². The second kappa shape index (κ2) is 4.05. The van der Waals surface area contributed by atoms with Crippen molar-refractivity contribution >= 4 is 5.82 Å². The van der Waals surface area contributed by atoms with Crippen LogP contribution in [0.5, 0.6) is 5.75 Å². The van der Waals surface area contributed by atoms with Crippen LogP contribution >= 0.6 is 0 Å². The van der Waals surface area contributed by atoms with Crippen molar-refractivity contribution in [1.29, 1.82) is 0 Å². The number of nitrogens with zero attached hydrogens (tertiary/aromatic N) is 1. The molecule has 1 fully saturated rings. The molecule has 3 rings (SSSR count). The molecule has 1 aromatic carbocycles. The van der Waals surface area contributed by atoms with E-state index in [0.29, 0.717) is 11.7 Å². The Labute approximate surface area is 106 Å². The van der Waals surface area contributed by atoms with Crippen molar-refractivity contribution in [2.45, 2.75) is 25.7 Å². The number of rotatable bonds is 3. The van der Waals surface area contributed by atoms with Gasteiger partial charge in [-0.15, -0.1) is 0 Å². The molecule has 0 amide bonds. The third-order valence-electron chi connectivity index (χ3n) is 3.49. The number of hydrogen-bond donors (Lipinski definition) is 2. The first-order chi connectivity index (χ1) is 8.70. The predicted molar refractivity (Wildman–Crippen MR) is 71.7 cm³/mol. The highest BCUT2D eigenvalue weighted by Crippen LogP contribution is 2.45. The molecule has 1 aromatic heterocycles. The molecule has 1 saturated carbocycles. The van der Waals surface area contributed by atoms with Crippen molar-refractivity contribution < 1.29 is 4.74 Å². The van der Waals surface area contributed by atoms with Gasteiger partial charge < -0.3 is 10.5 Å². The Morgan fingerprint density at radius 3 is 2.78 bits per heavy atom. The number of nitrogens with two attached hydrogens (primary N) is 1. The summed E-state index contributed by atoms with van der Waals surface area (Å²) in [7, 11) is 1.68. The maximum absolute atomic E-state index is 5.99. The first kappa shape index (κ1) is 11.1. The van der Waals surface area contributed by atoms with Crippen LogP contribution < -0.4 is 10.5 Å². The molecule has 2 aromatic rings. The topological polar surface area (TPSA) is 63.9 Å². The minimum atomic E-state index is 0.585. The molecule has 4 nitrogen and oxygen atoms in total. The normalized spacial score (nSPS) is 14.8. The summed E-state index contributed by atoms with van der Waals surface area (Å²) in [5, 5.41) is 7.22. The van der Waals surface area contributed by atoms with Crippen LogP contribution in [0.2, 0.25) is 0 Å². The van der Waals surface area contributed by atoms with Crippen LogP contribution in [0.4, 0.5) is 5.82 Å². The number of benzene rings is 1. The minimum absolute atomic E-state index is 0.585. The Hall–Kier alpha value is -1.97. The van der Waals surface area contributed by atoms with E-state index in [1.165, 1.54) is 18.5 Å². The quantitative estimate of drug-likeness (QED) is 0.871. The van der Waals surface area contributed by atoms with E-state index in [9.17, 15) is 0 Å². The third-order valence-corrected chi connectivity index (χ3v) is 3.49. The Morgan fingerprint density at radius 1 is 1.39 bits per heavy atom. The summed E-state index contributed by atoms with van der Waals surface area (Å²) < 4.78 is 5.28. The zero-order valence-corrected chi connectivity index (χ0v) is 10.7. The van der Waals surface area contributed by atoms with Crippen LogP contribution in [0.25, 0.3) is 11.1 Å². The lowest BCUT2D eigenvalue weighted by atomic mass is 10.0. The van der Waals surface area contributed by atoms with Crippen molar-refractivity contribution in [2.75, 3.05) is 12.8 Å². The van der Waals surface area contributed by atoms with Gasteiger partial charge >= 0.3 is 0 Å². The fraction of sp³-hybridized carbons (Fsp3) is 0.357. The second-order valence-electron chi connectivity index (χ2n) is 4.86. The van der Waals surface area contributed by atoms with E-state index in [1.807, 2.05) is 19.1 Å². The number of hydrogen-bond acceptors (Lipinski definition) is 3. The van der Waals surface area contributed by atoms with E-state index in [-0.39, 0.29) is 0 Å². The molecule has 1 aliphatic rings. The van der Waals surface area contributed by atoms with Gasteiger partial charge in [0.1, 0.15) is 5.75 Å². The SMILES string of the molecule is COc1ccc(-c2c(N)n[nH]c2C2CC2)cc1C. The average Bonchev–Trinajstić information content (AvgIpc) is 3.13. The molecule has 0 saturated heterocycles. The molecule has 0 bridgehead atoms. The molecule has 94 valence electrons. The molecule has 3 N–H and O–H groups in total.